The number of benzene rings is 1. The molecule has 4 nitrogen and oxygen atoms in total. The van der Waals surface area contributed by atoms with Gasteiger partial charge in [-0.05, 0) is 13.0 Å². The number of carbonyl (C=O) groups is 1. The summed E-state index contributed by atoms with van der Waals surface area (Å²) in [6, 6.07) is 7.14. The largest absolute Gasteiger partial charge is 0.493 e. The van der Waals surface area contributed by atoms with E-state index in [0.29, 0.717) is 30.9 Å². The van der Waals surface area contributed by atoms with Crippen LogP contribution in [0.2, 0.25) is 0 Å². The van der Waals surface area contributed by atoms with Crippen molar-refractivity contribution in [2.24, 2.45) is 0 Å². The van der Waals surface area contributed by atoms with Gasteiger partial charge < -0.3 is 14.6 Å². The Bertz CT molecular complexity index is 402. The molecule has 0 saturated heterocycles. The molecule has 4 heteroatoms. The topological polar surface area (TPSA) is 55.8 Å². The molecular formula is C12H14O4. The molecule has 0 fully saturated rings. The molecule has 1 aromatic rings. The summed E-state index contributed by atoms with van der Waals surface area (Å²) in [4.78, 5) is 11.4. The minimum Gasteiger partial charge on any atom is -0.493 e. The molecule has 1 unspecified atom stereocenters. The number of ether oxygens (including phenoxy) is 2. The fourth-order valence-electron chi connectivity index (χ4n) is 2.05. The molecule has 0 aromatic heterocycles. The molecule has 86 valence electrons. The van der Waals surface area contributed by atoms with Gasteiger partial charge in [-0.3, -0.25) is 0 Å². The van der Waals surface area contributed by atoms with E-state index in [4.69, 9.17) is 9.47 Å². The molecule has 2 rings (SSSR count). The zero-order valence-electron chi connectivity index (χ0n) is 9.10. The van der Waals surface area contributed by atoms with Crippen molar-refractivity contribution >= 4 is 5.97 Å². The van der Waals surface area contributed by atoms with Gasteiger partial charge in [-0.15, -0.1) is 0 Å². The molecule has 0 spiro atoms. The third-order valence-corrected chi connectivity index (χ3v) is 2.77. The van der Waals surface area contributed by atoms with Gasteiger partial charge in [0.15, 0.2) is 5.60 Å². The highest BCUT2D eigenvalue weighted by molar-refractivity contribution is 5.81. The van der Waals surface area contributed by atoms with Crippen molar-refractivity contribution in [3.63, 3.8) is 0 Å². The molecule has 1 atom stereocenters. The van der Waals surface area contributed by atoms with Gasteiger partial charge in [0, 0.05) is 18.6 Å². The van der Waals surface area contributed by atoms with Crippen LogP contribution < -0.4 is 4.74 Å². The maximum atomic E-state index is 11.4. The highest BCUT2D eigenvalue weighted by Crippen LogP contribution is 2.39. The fraction of sp³-hybridized carbons (Fsp3) is 0.417. The number of carboxylic acids is 1. The predicted octanol–water partition coefficient (Wildman–Crippen LogP) is 1.79. The highest BCUT2D eigenvalue weighted by atomic mass is 16.5. The number of rotatable bonds is 3. The molecule has 0 amide bonds. The molecule has 0 radical (unpaired) electrons. The van der Waals surface area contributed by atoms with E-state index in [-0.39, 0.29) is 0 Å². The Labute approximate surface area is 93.8 Å². The smallest absolute Gasteiger partial charge is 0.340 e. The third kappa shape index (κ3) is 1.55. The molecule has 1 N–H and O–H groups in total. The van der Waals surface area contributed by atoms with Crippen molar-refractivity contribution in [2.75, 3.05) is 13.2 Å². The van der Waals surface area contributed by atoms with E-state index >= 15 is 0 Å². The summed E-state index contributed by atoms with van der Waals surface area (Å²) >= 11 is 0. The zero-order valence-corrected chi connectivity index (χ0v) is 9.10. The standard InChI is InChI=1S/C12H14O4/c1-2-16-12(11(13)14)7-8-15-10-6-4-3-5-9(10)12/h3-6H,2,7-8H2,1H3,(H,13,14). The molecule has 1 aromatic carbocycles. The molecular weight excluding hydrogens is 208 g/mol. The Balaban J connectivity index is 2.52. The van der Waals surface area contributed by atoms with Crippen molar-refractivity contribution in [1.29, 1.82) is 0 Å². The van der Waals surface area contributed by atoms with E-state index in [2.05, 4.69) is 0 Å². The van der Waals surface area contributed by atoms with Gasteiger partial charge in [0.2, 0.25) is 0 Å². The van der Waals surface area contributed by atoms with E-state index in [0.717, 1.165) is 0 Å². The molecule has 0 bridgehead atoms. The lowest BCUT2D eigenvalue weighted by Crippen LogP contribution is -2.43. The zero-order chi connectivity index (χ0) is 11.6. The third-order valence-electron chi connectivity index (χ3n) is 2.77. The molecule has 1 heterocycles. The van der Waals surface area contributed by atoms with Crippen LogP contribution >= 0.6 is 0 Å². The van der Waals surface area contributed by atoms with Crippen LogP contribution in [0.5, 0.6) is 5.75 Å². The van der Waals surface area contributed by atoms with Crippen LogP contribution in [0, 0.1) is 0 Å². The Morgan fingerprint density at radius 3 is 3.00 bits per heavy atom. The number of fused-ring (bicyclic) bond motifs is 1. The van der Waals surface area contributed by atoms with Gasteiger partial charge in [0.25, 0.3) is 0 Å². The van der Waals surface area contributed by atoms with Crippen LogP contribution in [0.15, 0.2) is 24.3 Å². The summed E-state index contributed by atoms with van der Waals surface area (Å²) in [5.74, 6) is -0.352. The average Bonchev–Trinajstić information content (AvgIpc) is 2.29. The van der Waals surface area contributed by atoms with E-state index < -0.39 is 11.6 Å². The quantitative estimate of drug-likeness (QED) is 0.847. The highest BCUT2D eigenvalue weighted by Gasteiger charge is 2.45. The van der Waals surface area contributed by atoms with Crippen molar-refractivity contribution in [3.05, 3.63) is 29.8 Å². The van der Waals surface area contributed by atoms with Gasteiger partial charge in [-0.25, -0.2) is 4.79 Å². The molecule has 1 aliphatic heterocycles. The van der Waals surface area contributed by atoms with Crippen LogP contribution in [0.1, 0.15) is 18.9 Å². The Morgan fingerprint density at radius 1 is 1.56 bits per heavy atom. The Kier molecular flexibility index (Phi) is 2.83. The van der Waals surface area contributed by atoms with Crippen molar-refractivity contribution in [3.8, 4) is 5.75 Å². The summed E-state index contributed by atoms with van der Waals surface area (Å²) < 4.78 is 10.9. The fourth-order valence-corrected chi connectivity index (χ4v) is 2.05. The second-order valence-corrected chi connectivity index (χ2v) is 3.66. The second-order valence-electron chi connectivity index (χ2n) is 3.66. The molecule has 1 aliphatic rings. The predicted molar refractivity (Wildman–Crippen MR) is 57.5 cm³/mol. The summed E-state index contributed by atoms with van der Waals surface area (Å²) in [6.07, 6.45) is 0.340. The first-order chi connectivity index (χ1) is 7.70. The van der Waals surface area contributed by atoms with Gasteiger partial charge >= 0.3 is 5.97 Å². The van der Waals surface area contributed by atoms with E-state index in [1.165, 1.54) is 0 Å². The first-order valence-electron chi connectivity index (χ1n) is 5.30. The van der Waals surface area contributed by atoms with Crippen LogP contribution in [-0.2, 0) is 15.1 Å². The summed E-state index contributed by atoms with van der Waals surface area (Å²) in [5.41, 5.74) is -0.639. The maximum absolute atomic E-state index is 11.4. The monoisotopic (exact) mass is 222 g/mol. The number of hydrogen-bond donors (Lipinski definition) is 1. The second kappa shape index (κ2) is 4.14. The number of carboxylic acid groups (broad SMARTS) is 1. The van der Waals surface area contributed by atoms with Crippen LogP contribution in [-0.4, -0.2) is 24.3 Å². The minimum absolute atomic E-state index is 0.340. The molecule has 0 aliphatic carbocycles. The number of aliphatic carboxylic acids is 1. The van der Waals surface area contributed by atoms with Crippen LogP contribution in [0.25, 0.3) is 0 Å². The normalized spacial score (nSPS) is 23.3. The van der Waals surface area contributed by atoms with Gasteiger partial charge in [-0.2, -0.15) is 0 Å². The number of hydrogen-bond acceptors (Lipinski definition) is 3. The van der Waals surface area contributed by atoms with Gasteiger partial charge in [0.1, 0.15) is 5.75 Å². The average molecular weight is 222 g/mol. The minimum atomic E-state index is -1.25. The van der Waals surface area contributed by atoms with Gasteiger partial charge in [0.05, 0.1) is 6.61 Å². The molecule has 0 saturated carbocycles. The summed E-state index contributed by atoms with van der Waals surface area (Å²) in [7, 11) is 0. The maximum Gasteiger partial charge on any atom is 0.340 e. The van der Waals surface area contributed by atoms with E-state index in [1.807, 2.05) is 6.07 Å². The van der Waals surface area contributed by atoms with Crippen molar-refractivity contribution < 1.29 is 19.4 Å². The van der Waals surface area contributed by atoms with E-state index in [9.17, 15) is 9.90 Å². The lowest BCUT2D eigenvalue weighted by atomic mass is 9.88. The summed E-state index contributed by atoms with van der Waals surface area (Å²) in [5, 5.41) is 9.39. The lowest BCUT2D eigenvalue weighted by Gasteiger charge is -2.34. The molecule has 16 heavy (non-hydrogen) atoms. The Morgan fingerprint density at radius 2 is 2.31 bits per heavy atom. The van der Waals surface area contributed by atoms with Crippen molar-refractivity contribution in [2.45, 2.75) is 18.9 Å². The first kappa shape index (κ1) is 11.0. The van der Waals surface area contributed by atoms with Crippen LogP contribution in [0.4, 0.5) is 0 Å². The van der Waals surface area contributed by atoms with E-state index in [1.54, 1.807) is 25.1 Å². The summed E-state index contributed by atoms with van der Waals surface area (Å²) in [6.45, 7) is 2.52. The van der Waals surface area contributed by atoms with Crippen molar-refractivity contribution in [1.82, 2.24) is 0 Å². The Hall–Kier alpha value is -1.55. The SMILES string of the molecule is CCOC1(C(=O)O)CCOc2ccccc21. The van der Waals surface area contributed by atoms with Crippen LogP contribution in [0.3, 0.4) is 0 Å². The van der Waals surface area contributed by atoms with Gasteiger partial charge in [-0.1, -0.05) is 18.2 Å². The first-order valence-corrected chi connectivity index (χ1v) is 5.30. The number of para-hydroxylation sites is 1. The lowest BCUT2D eigenvalue weighted by molar-refractivity contribution is -0.171.